The molecule has 1 atom stereocenters. The van der Waals surface area contributed by atoms with Crippen molar-refractivity contribution in [1.82, 2.24) is 10.6 Å². The van der Waals surface area contributed by atoms with Crippen LogP contribution in [0.5, 0.6) is 0 Å². The van der Waals surface area contributed by atoms with Gasteiger partial charge < -0.3 is 20.6 Å². The van der Waals surface area contributed by atoms with Gasteiger partial charge in [-0.3, -0.25) is 0 Å². The van der Waals surface area contributed by atoms with Crippen LogP contribution in [0.3, 0.4) is 0 Å². The minimum Gasteiger partial charge on any atom is -0.393 e. The fourth-order valence-electron chi connectivity index (χ4n) is 1.95. The number of hydrogen-bond acceptors (Lipinski definition) is 3. The van der Waals surface area contributed by atoms with Gasteiger partial charge in [0.05, 0.1) is 6.10 Å². The molecule has 0 aliphatic rings. The number of urea groups is 1. The van der Waals surface area contributed by atoms with Gasteiger partial charge in [-0.05, 0) is 43.0 Å². The van der Waals surface area contributed by atoms with Crippen molar-refractivity contribution in [1.29, 1.82) is 0 Å². The lowest BCUT2D eigenvalue weighted by Crippen LogP contribution is -2.36. The second kappa shape index (κ2) is 8.52. The Hall–Kier alpha value is -1.75. The molecule has 2 amide bonds. The molecule has 118 valence electrons. The molecule has 1 rings (SSSR count). The highest BCUT2D eigenvalue weighted by Crippen LogP contribution is 2.17. The molecule has 1 aromatic rings. The van der Waals surface area contributed by atoms with Crippen molar-refractivity contribution in [2.75, 3.05) is 25.5 Å². The third-order valence-corrected chi connectivity index (χ3v) is 3.52. The zero-order chi connectivity index (χ0) is 15.8. The molecule has 0 fully saturated rings. The lowest BCUT2D eigenvalue weighted by Gasteiger charge is -2.15. The summed E-state index contributed by atoms with van der Waals surface area (Å²) in [5, 5.41) is 15.0. The van der Waals surface area contributed by atoms with E-state index >= 15 is 0 Å². The zero-order valence-electron chi connectivity index (χ0n) is 13.4. The van der Waals surface area contributed by atoms with Crippen molar-refractivity contribution in [2.24, 2.45) is 0 Å². The van der Waals surface area contributed by atoms with E-state index in [0.29, 0.717) is 25.9 Å². The van der Waals surface area contributed by atoms with Gasteiger partial charge in [0.15, 0.2) is 0 Å². The average Bonchev–Trinajstić information content (AvgIpc) is 2.45. The van der Waals surface area contributed by atoms with E-state index in [0.717, 1.165) is 16.8 Å². The van der Waals surface area contributed by atoms with Crippen LogP contribution in [0.15, 0.2) is 18.2 Å². The Bertz CT molecular complexity index is 461. The number of hydrogen-bond donors (Lipinski definition) is 3. The summed E-state index contributed by atoms with van der Waals surface area (Å²) in [6.45, 7) is 4.95. The van der Waals surface area contributed by atoms with E-state index in [1.165, 1.54) is 0 Å². The number of nitrogens with one attached hydrogen (secondary N) is 2. The van der Waals surface area contributed by atoms with E-state index in [4.69, 9.17) is 0 Å². The van der Waals surface area contributed by atoms with Gasteiger partial charge in [-0.15, -0.1) is 0 Å². The van der Waals surface area contributed by atoms with Gasteiger partial charge in [-0.1, -0.05) is 13.0 Å². The second-order valence-electron chi connectivity index (χ2n) is 5.47. The molecule has 3 N–H and O–H groups in total. The van der Waals surface area contributed by atoms with Gasteiger partial charge >= 0.3 is 6.03 Å². The summed E-state index contributed by atoms with van der Waals surface area (Å²) < 4.78 is 0. The third-order valence-electron chi connectivity index (χ3n) is 3.52. The second-order valence-corrected chi connectivity index (χ2v) is 5.47. The van der Waals surface area contributed by atoms with Crippen molar-refractivity contribution in [3.05, 3.63) is 29.3 Å². The van der Waals surface area contributed by atoms with Gasteiger partial charge in [-0.25, -0.2) is 4.79 Å². The quantitative estimate of drug-likeness (QED) is 0.720. The van der Waals surface area contributed by atoms with E-state index in [9.17, 15) is 9.90 Å². The zero-order valence-corrected chi connectivity index (χ0v) is 13.4. The Kier molecular flexibility index (Phi) is 7.02. The molecule has 0 aliphatic heterocycles. The number of anilines is 1. The Morgan fingerprint density at radius 1 is 1.33 bits per heavy atom. The molecular formula is C16H27N3O2. The van der Waals surface area contributed by atoms with Crippen LogP contribution in [0.2, 0.25) is 0 Å². The highest BCUT2D eigenvalue weighted by Gasteiger charge is 2.05. The SMILES string of the molecule is CCC(O)CCNC(=O)NCc1ccc(N(C)C)cc1C. The maximum absolute atomic E-state index is 11.7. The Balaban J connectivity index is 2.39. The number of benzene rings is 1. The summed E-state index contributed by atoms with van der Waals surface area (Å²) in [6.07, 6.45) is 0.951. The van der Waals surface area contributed by atoms with Gasteiger partial charge in [0.2, 0.25) is 0 Å². The predicted octanol–water partition coefficient (Wildman–Crippen LogP) is 2.02. The molecule has 0 heterocycles. The highest BCUT2D eigenvalue weighted by atomic mass is 16.3. The molecule has 1 unspecified atom stereocenters. The van der Waals surface area contributed by atoms with E-state index in [-0.39, 0.29) is 12.1 Å². The topological polar surface area (TPSA) is 64.6 Å². The minimum absolute atomic E-state index is 0.200. The summed E-state index contributed by atoms with van der Waals surface area (Å²) in [5.41, 5.74) is 3.40. The number of amides is 2. The first-order valence-electron chi connectivity index (χ1n) is 7.40. The Morgan fingerprint density at radius 2 is 2.05 bits per heavy atom. The summed E-state index contributed by atoms with van der Waals surface area (Å²) >= 11 is 0. The highest BCUT2D eigenvalue weighted by molar-refractivity contribution is 5.73. The lowest BCUT2D eigenvalue weighted by molar-refractivity contribution is 0.160. The smallest absolute Gasteiger partial charge is 0.315 e. The molecule has 5 heteroatoms. The van der Waals surface area contributed by atoms with Crippen LogP contribution in [0, 0.1) is 6.92 Å². The molecule has 0 saturated carbocycles. The monoisotopic (exact) mass is 293 g/mol. The van der Waals surface area contributed by atoms with Crippen LogP contribution >= 0.6 is 0 Å². The van der Waals surface area contributed by atoms with Crippen molar-refractivity contribution < 1.29 is 9.90 Å². The number of aliphatic hydroxyl groups is 1. The fourth-order valence-corrected chi connectivity index (χ4v) is 1.95. The number of aryl methyl sites for hydroxylation is 1. The van der Waals surface area contributed by atoms with Crippen molar-refractivity contribution in [3.63, 3.8) is 0 Å². The van der Waals surface area contributed by atoms with Crippen LogP contribution in [0.4, 0.5) is 10.5 Å². The molecular weight excluding hydrogens is 266 g/mol. The van der Waals surface area contributed by atoms with E-state index in [1.807, 2.05) is 40.1 Å². The normalized spacial score (nSPS) is 11.9. The van der Waals surface area contributed by atoms with Crippen LogP contribution in [-0.2, 0) is 6.54 Å². The third kappa shape index (κ3) is 6.04. The van der Waals surface area contributed by atoms with E-state index < -0.39 is 0 Å². The largest absolute Gasteiger partial charge is 0.393 e. The minimum atomic E-state index is -0.342. The average molecular weight is 293 g/mol. The number of rotatable bonds is 7. The Morgan fingerprint density at radius 3 is 2.62 bits per heavy atom. The number of carbonyl (C=O) groups excluding carboxylic acids is 1. The molecule has 0 spiro atoms. The van der Waals surface area contributed by atoms with Gasteiger partial charge in [0.1, 0.15) is 0 Å². The summed E-state index contributed by atoms with van der Waals surface area (Å²) in [4.78, 5) is 13.7. The molecule has 0 radical (unpaired) electrons. The first-order valence-corrected chi connectivity index (χ1v) is 7.40. The van der Waals surface area contributed by atoms with Crippen molar-refractivity contribution in [3.8, 4) is 0 Å². The molecule has 0 bridgehead atoms. The van der Waals surface area contributed by atoms with Crippen LogP contribution in [-0.4, -0.2) is 37.9 Å². The molecule has 0 aliphatic carbocycles. The first-order chi connectivity index (χ1) is 9.93. The van der Waals surface area contributed by atoms with Crippen LogP contribution < -0.4 is 15.5 Å². The van der Waals surface area contributed by atoms with Crippen LogP contribution in [0.25, 0.3) is 0 Å². The standard InChI is InChI=1S/C16H27N3O2/c1-5-15(20)8-9-17-16(21)18-11-13-6-7-14(19(3)4)10-12(13)2/h6-7,10,15,20H,5,8-9,11H2,1-4H3,(H2,17,18,21). The molecule has 0 aromatic heterocycles. The van der Waals surface area contributed by atoms with E-state index in [2.05, 4.69) is 21.6 Å². The summed E-state index contributed by atoms with van der Waals surface area (Å²) in [5.74, 6) is 0. The fraction of sp³-hybridized carbons (Fsp3) is 0.562. The van der Waals surface area contributed by atoms with Crippen LogP contribution in [0.1, 0.15) is 30.9 Å². The maximum Gasteiger partial charge on any atom is 0.315 e. The van der Waals surface area contributed by atoms with Gasteiger partial charge in [0.25, 0.3) is 0 Å². The van der Waals surface area contributed by atoms with Crippen molar-refractivity contribution in [2.45, 2.75) is 39.3 Å². The number of nitrogens with zero attached hydrogens (tertiary/aromatic N) is 1. The first kappa shape index (κ1) is 17.3. The molecule has 21 heavy (non-hydrogen) atoms. The number of carbonyl (C=O) groups is 1. The molecule has 0 saturated heterocycles. The summed E-state index contributed by atoms with van der Waals surface area (Å²) in [6, 6.07) is 5.98. The lowest BCUT2D eigenvalue weighted by atomic mass is 10.1. The van der Waals surface area contributed by atoms with Crippen molar-refractivity contribution >= 4 is 11.7 Å². The molecule has 1 aromatic carbocycles. The predicted molar refractivity (Wildman–Crippen MR) is 86.7 cm³/mol. The Labute approximate surface area is 127 Å². The maximum atomic E-state index is 11.7. The molecule has 5 nitrogen and oxygen atoms in total. The number of aliphatic hydroxyl groups excluding tert-OH is 1. The van der Waals surface area contributed by atoms with E-state index in [1.54, 1.807) is 0 Å². The summed E-state index contributed by atoms with van der Waals surface area (Å²) in [7, 11) is 4.01. The van der Waals surface area contributed by atoms with Gasteiger partial charge in [-0.2, -0.15) is 0 Å². The van der Waals surface area contributed by atoms with Gasteiger partial charge in [0, 0.05) is 32.9 Å².